The molecule has 0 aromatic heterocycles. The van der Waals surface area contributed by atoms with E-state index in [0.717, 1.165) is 48.6 Å². The van der Waals surface area contributed by atoms with E-state index in [1.165, 1.54) is 50.1 Å². The van der Waals surface area contributed by atoms with Crippen LogP contribution in [0.1, 0.15) is 235 Å². The van der Waals surface area contributed by atoms with Gasteiger partial charge in [0.2, 0.25) is 0 Å². The van der Waals surface area contributed by atoms with E-state index in [1.54, 1.807) is 0 Å². The third-order valence-electron chi connectivity index (χ3n) is 19.7. The molecular formula is C86H143N5O9SSi2Y-2. The largest absolute Gasteiger partial charge is 0.416 e. The number of nitrogens with zero attached hydrogens (tertiary/aromatic N) is 3. The maximum Gasteiger partial charge on any atom is 0.264 e. The third kappa shape index (κ3) is 30.9. The van der Waals surface area contributed by atoms with Crippen LogP contribution < -0.4 is 11.5 Å². The van der Waals surface area contributed by atoms with E-state index in [4.69, 9.17) is 40.2 Å². The molecule has 0 amide bonds. The Morgan fingerprint density at radius 3 is 1.25 bits per heavy atom. The maximum atomic E-state index is 11.6. The fourth-order valence-electron chi connectivity index (χ4n) is 12.3. The number of hydrogen-bond acceptors (Lipinski definition) is 12. The summed E-state index contributed by atoms with van der Waals surface area (Å²) in [5.74, 6) is 0.565. The van der Waals surface area contributed by atoms with Crippen molar-refractivity contribution in [2.24, 2.45) is 16.6 Å². The molecule has 6 aromatic rings. The summed E-state index contributed by atoms with van der Waals surface area (Å²) in [5, 5.41) is 41.5. The molecule has 11 unspecified atom stereocenters. The standard InChI is InChI=1S/C17H28O4SSi.C16H25N3OSi.C10H13NO.C10H12O2.C10H12O.C9H10N.6C2H6.CH4.CH3.Y/c1-17(2,3)23(5,6)20-12-15-14-10-8-7-9-13(14)11-16(15)21-22(4,18)19;1-16(2,3)21(4,5)20-11-14-13-9-7-6-8-12(13)10-15(14)18-19-17;11-10-5-7-3-1-2-4-8(7)9(10)6-12;11-6-9-8-4-2-1-3-7(8)5-10(9)12;1-7-9-5-3-2-4-8(9)6-10(7)11;10-9-5-7-3-1-2-4-8(7)6-9;6*1-2;;;/h7-10,15-16H,11-12H2,1-6H3;6-9,14-15H,10-11H2,1-5H3;1-4,9-10,12H,5-6,11H2;1-4,9-12H,5-6H2;2-5,7,10-11H,6H2,1H3;1-5,9H,6,10H2;6*1-2H3;1H4;1H3;/q;;;;;-1;;;;;;;;-1;. The summed E-state index contributed by atoms with van der Waals surface area (Å²) in [5.41, 5.74) is 35.4. The second-order valence-electron chi connectivity index (χ2n) is 27.9. The van der Waals surface area contributed by atoms with E-state index in [9.17, 15) is 18.6 Å². The normalized spacial score (nSPS) is 21.0. The molecule has 11 atom stereocenters. The van der Waals surface area contributed by atoms with Gasteiger partial charge in [-0.1, -0.05) is 278 Å². The van der Waals surface area contributed by atoms with Crippen LogP contribution in [-0.4, -0.2) is 115 Å². The predicted octanol–water partition coefficient (Wildman–Crippen LogP) is 20.1. The van der Waals surface area contributed by atoms with Crippen LogP contribution in [-0.2, 0) is 94.4 Å². The summed E-state index contributed by atoms with van der Waals surface area (Å²) in [7, 11) is -7.15. The molecule has 8 N–H and O–H groups in total. The summed E-state index contributed by atoms with van der Waals surface area (Å²) in [6, 6.07) is 49.5. The fourth-order valence-corrected chi connectivity index (χ4v) is 15.0. The zero-order chi connectivity index (χ0) is 77.1. The summed E-state index contributed by atoms with van der Waals surface area (Å²) in [6.45, 7) is 49.7. The van der Waals surface area contributed by atoms with Crippen molar-refractivity contribution in [3.05, 3.63) is 237 Å². The van der Waals surface area contributed by atoms with Crippen LogP contribution >= 0.6 is 0 Å². The van der Waals surface area contributed by atoms with Gasteiger partial charge in [-0.15, -0.1) is 17.7 Å². The Labute approximate surface area is 662 Å². The van der Waals surface area contributed by atoms with Gasteiger partial charge in [0, 0.05) is 92.9 Å². The molecule has 18 heteroatoms. The number of fused-ring (bicyclic) bond motifs is 6. The van der Waals surface area contributed by atoms with Crippen LogP contribution in [0, 0.1) is 13.8 Å². The van der Waals surface area contributed by atoms with Crippen LogP contribution in [0.5, 0.6) is 0 Å². The van der Waals surface area contributed by atoms with Gasteiger partial charge in [-0.2, -0.15) is 26.5 Å². The summed E-state index contributed by atoms with van der Waals surface area (Å²) < 4.78 is 41.2. The molecule has 0 aliphatic heterocycles. The van der Waals surface area contributed by atoms with E-state index in [2.05, 4.69) is 158 Å². The van der Waals surface area contributed by atoms with Crippen molar-refractivity contribution in [1.29, 1.82) is 0 Å². The minimum Gasteiger partial charge on any atom is -0.416 e. The van der Waals surface area contributed by atoms with E-state index in [1.807, 2.05) is 162 Å². The minimum atomic E-state index is -3.48. The molecule has 585 valence electrons. The van der Waals surface area contributed by atoms with Gasteiger partial charge >= 0.3 is 0 Å². The Bertz CT molecular complexity index is 3360. The second-order valence-corrected chi connectivity index (χ2v) is 39.1. The maximum absolute atomic E-state index is 11.6. The van der Waals surface area contributed by atoms with Gasteiger partial charge in [-0.25, -0.2) is 0 Å². The molecule has 104 heavy (non-hydrogen) atoms. The number of aliphatic hydroxyl groups is 4. The SMILES string of the molecule is C.CC.CC.CC.CC.CC.CC.CC(C)(C)[Si](C)(C)OCC1c2ccccc2CC1N=[N+]=[N-].CC(C)(C)[Si](C)(C)OCC1c2ccccc2CC1OS(C)(=O)=O.CC1c2ccccc2CC1O.NC1Cc2ccccc2C1CO.NC1[CH-]c2ccccc2C1.OCC1c2ccccc2CC1O.[CH3-].[Y]. The first kappa shape index (κ1) is 104. The smallest absolute Gasteiger partial charge is 0.264 e. The Morgan fingerprint density at radius 1 is 0.510 bits per heavy atom. The molecule has 6 aliphatic carbocycles. The molecule has 6 aromatic carbocycles. The molecule has 0 fully saturated rings. The first-order chi connectivity index (χ1) is 48.0. The Balaban J connectivity index is -0.00000116. The van der Waals surface area contributed by atoms with Gasteiger partial charge in [0.25, 0.3) is 10.1 Å². The molecule has 0 saturated carbocycles. The monoisotopic (exact) mass is 1570 g/mol. The topological polar surface area (TPSA) is 244 Å². The van der Waals surface area contributed by atoms with Gasteiger partial charge in [0.15, 0.2) is 16.6 Å². The number of nitrogens with two attached hydrogens (primary N) is 2. The van der Waals surface area contributed by atoms with Crippen molar-refractivity contribution >= 4 is 26.8 Å². The van der Waals surface area contributed by atoms with E-state index < -0.39 is 32.9 Å². The Kier molecular flexibility index (Phi) is 51.8. The number of hydrogen-bond donors (Lipinski definition) is 6. The zero-order valence-corrected chi connectivity index (χ0v) is 73.8. The van der Waals surface area contributed by atoms with E-state index >= 15 is 0 Å². The van der Waals surface area contributed by atoms with E-state index in [-0.39, 0.29) is 125 Å². The average molecular weight is 1570 g/mol. The molecular weight excluding hydrogens is 1420 g/mol. The van der Waals surface area contributed by atoms with Crippen molar-refractivity contribution < 1.29 is 74.6 Å². The zero-order valence-electron chi connectivity index (χ0n) is 68.2. The van der Waals surface area contributed by atoms with Crippen LogP contribution in [0.4, 0.5) is 0 Å². The quantitative estimate of drug-likeness (QED) is 0.0178. The Hall–Kier alpha value is -4.37. The average Bonchev–Trinajstić information content (AvgIpc) is 1.63. The summed E-state index contributed by atoms with van der Waals surface area (Å²) in [4.78, 5) is 3.02. The molecule has 12 rings (SSSR count). The summed E-state index contributed by atoms with van der Waals surface area (Å²) in [6.07, 6.45) is 7.18. The van der Waals surface area contributed by atoms with E-state index in [0.29, 0.717) is 32.0 Å². The molecule has 0 spiro atoms. The molecule has 0 bridgehead atoms. The van der Waals surface area contributed by atoms with Crippen molar-refractivity contribution in [2.75, 3.05) is 32.7 Å². The van der Waals surface area contributed by atoms with Crippen molar-refractivity contribution in [2.45, 2.75) is 280 Å². The fraction of sp³-hybridized carbons (Fsp3) is 0.558. The van der Waals surface area contributed by atoms with Gasteiger partial charge in [-0.3, -0.25) is 4.18 Å². The van der Waals surface area contributed by atoms with Crippen LogP contribution in [0.2, 0.25) is 36.3 Å². The summed E-state index contributed by atoms with van der Waals surface area (Å²) >= 11 is 0. The van der Waals surface area contributed by atoms with Crippen molar-refractivity contribution in [3.63, 3.8) is 0 Å². The molecule has 0 heterocycles. The predicted molar refractivity (Wildman–Crippen MR) is 446 cm³/mol. The Morgan fingerprint density at radius 2 is 0.846 bits per heavy atom. The van der Waals surface area contributed by atoms with Gasteiger partial charge in [0.1, 0.15) is 0 Å². The second kappa shape index (κ2) is 51.9. The molecule has 6 aliphatic rings. The number of aliphatic hydroxyl groups excluding tert-OH is 4. The molecule has 0 saturated heterocycles. The molecule has 14 nitrogen and oxygen atoms in total. The number of rotatable bonds is 11. The first-order valence-corrected chi connectivity index (χ1v) is 45.2. The third-order valence-corrected chi connectivity index (χ3v) is 29.3. The van der Waals surface area contributed by atoms with Crippen LogP contribution in [0.15, 0.2) is 151 Å². The van der Waals surface area contributed by atoms with Crippen LogP contribution in [0.25, 0.3) is 10.4 Å². The first-order valence-electron chi connectivity index (χ1n) is 37.6. The van der Waals surface area contributed by atoms with Crippen molar-refractivity contribution in [1.82, 2.24) is 0 Å². The van der Waals surface area contributed by atoms with Gasteiger partial charge in [0.05, 0.1) is 43.8 Å². The minimum absolute atomic E-state index is 0. The molecule has 1 radical (unpaired) electrons. The van der Waals surface area contributed by atoms with Crippen LogP contribution in [0.3, 0.4) is 0 Å². The number of azide groups is 1. The number of benzene rings is 6. The van der Waals surface area contributed by atoms with Gasteiger partial charge in [-0.05, 0) is 129 Å². The van der Waals surface area contributed by atoms with Crippen molar-refractivity contribution in [3.8, 4) is 0 Å². The van der Waals surface area contributed by atoms with Gasteiger partial charge < -0.3 is 48.2 Å².